The number of hydrogen-bond donors (Lipinski definition) is 2. The van der Waals surface area contributed by atoms with Crippen LogP contribution in [0, 0.1) is 0 Å². The maximum Gasteiger partial charge on any atom is 0.422 e. The lowest BCUT2D eigenvalue weighted by molar-refractivity contribution is 0.0497. The van der Waals surface area contributed by atoms with Gasteiger partial charge in [-0.2, -0.15) is 0 Å². The van der Waals surface area contributed by atoms with E-state index < -0.39 is 11.7 Å². The smallest absolute Gasteiger partial charge is 0.422 e. The van der Waals surface area contributed by atoms with Gasteiger partial charge in [-0.3, -0.25) is 5.43 Å². The fraction of sp³-hybridized carbons (Fsp3) is 0.533. The molecule has 4 nitrogen and oxygen atoms in total. The molecule has 1 amide bonds. The Bertz CT molecular complexity index is 405. The number of ether oxygens (including phenoxy) is 1. The average molecular weight is 264 g/mol. The van der Waals surface area contributed by atoms with Crippen molar-refractivity contribution in [2.24, 2.45) is 0 Å². The van der Waals surface area contributed by atoms with Crippen LogP contribution in [0.2, 0.25) is 0 Å². The van der Waals surface area contributed by atoms with Crippen LogP contribution in [0.15, 0.2) is 24.3 Å². The van der Waals surface area contributed by atoms with Gasteiger partial charge in [-0.05, 0) is 37.8 Å². The zero-order chi connectivity index (χ0) is 14.5. The third kappa shape index (κ3) is 6.25. The molecule has 0 aliphatic rings. The Morgan fingerprint density at radius 1 is 1.21 bits per heavy atom. The molecule has 19 heavy (non-hydrogen) atoms. The molecule has 0 bridgehead atoms. The highest BCUT2D eigenvalue weighted by molar-refractivity contribution is 5.66. The molecule has 0 heterocycles. The summed E-state index contributed by atoms with van der Waals surface area (Å²) in [6, 6.07) is 8.32. The first-order valence-electron chi connectivity index (χ1n) is 6.58. The maximum absolute atomic E-state index is 11.4. The molecular weight excluding hydrogens is 240 g/mol. The van der Waals surface area contributed by atoms with E-state index in [2.05, 4.69) is 49.0 Å². The van der Waals surface area contributed by atoms with Crippen LogP contribution in [0.25, 0.3) is 0 Å². The van der Waals surface area contributed by atoms with E-state index in [0.717, 1.165) is 5.56 Å². The van der Waals surface area contributed by atoms with E-state index in [1.165, 1.54) is 5.56 Å². The summed E-state index contributed by atoms with van der Waals surface area (Å²) in [4.78, 5) is 11.4. The Labute approximate surface area is 115 Å². The average Bonchev–Trinajstić information content (AvgIpc) is 2.27. The Morgan fingerprint density at radius 2 is 1.79 bits per heavy atom. The summed E-state index contributed by atoms with van der Waals surface area (Å²) in [7, 11) is 0. The summed E-state index contributed by atoms with van der Waals surface area (Å²) in [6.07, 6.45) is -0.466. The van der Waals surface area contributed by atoms with E-state index in [1.807, 2.05) is 20.8 Å². The first kappa shape index (κ1) is 15.5. The molecule has 0 radical (unpaired) electrons. The van der Waals surface area contributed by atoms with Gasteiger partial charge in [0.1, 0.15) is 5.60 Å². The number of hydrogen-bond acceptors (Lipinski definition) is 3. The third-order valence-electron chi connectivity index (χ3n) is 2.53. The number of carbonyl (C=O) groups is 1. The van der Waals surface area contributed by atoms with Crippen LogP contribution < -0.4 is 10.9 Å². The van der Waals surface area contributed by atoms with Crippen molar-refractivity contribution in [3.05, 3.63) is 35.4 Å². The lowest BCUT2D eigenvalue weighted by atomic mass is 10.0. The van der Waals surface area contributed by atoms with Gasteiger partial charge >= 0.3 is 6.09 Å². The molecule has 0 saturated heterocycles. The van der Waals surface area contributed by atoms with Crippen molar-refractivity contribution in [2.45, 2.75) is 52.7 Å². The summed E-state index contributed by atoms with van der Waals surface area (Å²) < 4.78 is 5.11. The molecule has 1 aromatic carbocycles. The SMILES string of the molecule is CC(C)c1ccc(CNNC(=O)OC(C)(C)C)cc1. The van der Waals surface area contributed by atoms with Crippen LogP contribution >= 0.6 is 0 Å². The molecular formula is C15H24N2O2. The number of amides is 1. The first-order valence-corrected chi connectivity index (χ1v) is 6.58. The minimum absolute atomic E-state index is 0.466. The number of nitrogens with one attached hydrogen (secondary N) is 2. The number of rotatable bonds is 4. The van der Waals surface area contributed by atoms with E-state index in [4.69, 9.17) is 4.74 Å². The van der Waals surface area contributed by atoms with Crippen molar-refractivity contribution >= 4 is 6.09 Å². The Morgan fingerprint density at radius 3 is 2.26 bits per heavy atom. The molecule has 0 saturated carbocycles. The molecule has 1 aromatic rings. The summed E-state index contributed by atoms with van der Waals surface area (Å²) in [5.41, 5.74) is 7.30. The highest BCUT2D eigenvalue weighted by atomic mass is 16.6. The third-order valence-corrected chi connectivity index (χ3v) is 2.53. The van der Waals surface area contributed by atoms with E-state index >= 15 is 0 Å². The second-order valence-electron chi connectivity index (χ2n) is 5.88. The maximum atomic E-state index is 11.4. The van der Waals surface area contributed by atoms with E-state index in [-0.39, 0.29) is 0 Å². The van der Waals surface area contributed by atoms with Crippen molar-refractivity contribution in [3.8, 4) is 0 Å². The molecule has 0 fully saturated rings. The fourth-order valence-corrected chi connectivity index (χ4v) is 1.54. The van der Waals surface area contributed by atoms with E-state index in [9.17, 15) is 4.79 Å². The lowest BCUT2D eigenvalue weighted by Gasteiger charge is -2.19. The van der Waals surface area contributed by atoms with Crippen LogP contribution in [0.1, 0.15) is 51.7 Å². The molecule has 0 aliphatic heterocycles. The van der Waals surface area contributed by atoms with Crippen LogP contribution in [-0.2, 0) is 11.3 Å². The van der Waals surface area contributed by atoms with Crippen LogP contribution in [0.4, 0.5) is 4.79 Å². The summed E-state index contributed by atoms with van der Waals surface area (Å²) in [5, 5.41) is 0. The van der Waals surface area contributed by atoms with Gasteiger partial charge in [-0.25, -0.2) is 10.2 Å². The first-order chi connectivity index (χ1) is 8.78. The molecule has 0 unspecified atom stereocenters. The van der Waals surface area contributed by atoms with Gasteiger partial charge in [0.05, 0.1) is 0 Å². The highest BCUT2D eigenvalue weighted by Gasteiger charge is 2.15. The van der Waals surface area contributed by atoms with Crippen molar-refractivity contribution < 1.29 is 9.53 Å². The van der Waals surface area contributed by atoms with E-state index in [0.29, 0.717) is 12.5 Å². The van der Waals surface area contributed by atoms with Crippen LogP contribution in [-0.4, -0.2) is 11.7 Å². The van der Waals surface area contributed by atoms with Crippen molar-refractivity contribution in [1.29, 1.82) is 0 Å². The van der Waals surface area contributed by atoms with Gasteiger partial charge in [0.2, 0.25) is 0 Å². The van der Waals surface area contributed by atoms with Crippen LogP contribution in [0.5, 0.6) is 0 Å². The predicted molar refractivity (Wildman–Crippen MR) is 76.7 cm³/mol. The second kappa shape index (κ2) is 6.57. The van der Waals surface area contributed by atoms with Crippen LogP contribution in [0.3, 0.4) is 0 Å². The second-order valence-corrected chi connectivity index (χ2v) is 5.88. The molecule has 106 valence electrons. The minimum atomic E-state index is -0.481. The predicted octanol–water partition coefficient (Wildman–Crippen LogP) is 3.34. The minimum Gasteiger partial charge on any atom is -0.443 e. The molecule has 0 aromatic heterocycles. The Hall–Kier alpha value is -1.55. The molecule has 0 spiro atoms. The number of hydrazine groups is 1. The van der Waals surface area contributed by atoms with Crippen molar-refractivity contribution in [1.82, 2.24) is 10.9 Å². The lowest BCUT2D eigenvalue weighted by Crippen LogP contribution is -2.40. The molecule has 4 heteroatoms. The number of benzene rings is 1. The highest BCUT2D eigenvalue weighted by Crippen LogP contribution is 2.14. The van der Waals surface area contributed by atoms with Gasteiger partial charge in [0.15, 0.2) is 0 Å². The quantitative estimate of drug-likeness (QED) is 0.820. The van der Waals surface area contributed by atoms with Gasteiger partial charge in [-0.15, -0.1) is 0 Å². The molecule has 1 rings (SSSR count). The zero-order valence-corrected chi connectivity index (χ0v) is 12.4. The zero-order valence-electron chi connectivity index (χ0n) is 12.4. The molecule has 0 atom stereocenters. The monoisotopic (exact) mass is 264 g/mol. The summed E-state index contributed by atoms with van der Waals surface area (Å²) in [5.74, 6) is 0.530. The van der Waals surface area contributed by atoms with Gasteiger partial charge in [-0.1, -0.05) is 38.1 Å². The summed E-state index contributed by atoms with van der Waals surface area (Å²) in [6.45, 7) is 10.4. The van der Waals surface area contributed by atoms with Gasteiger partial charge in [0, 0.05) is 6.54 Å². The molecule has 2 N–H and O–H groups in total. The van der Waals surface area contributed by atoms with E-state index in [1.54, 1.807) is 0 Å². The van der Waals surface area contributed by atoms with Gasteiger partial charge < -0.3 is 4.74 Å². The van der Waals surface area contributed by atoms with Gasteiger partial charge in [0.25, 0.3) is 0 Å². The standard InChI is InChI=1S/C15H24N2O2/c1-11(2)13-8-6-12(7-9-13)10-16-17-14(18)19-15(3,4)5/h6-9,11,16H,10H2,1-5H3,(H,17,18). The number of carbonyl (C=O) groups excluding carboxylic acids is 1. The Kier molecular flexibility index (Phi) is 5.36. The largest absolute Gasteiger partial charge is 0.443 e. The summed E-state index contributed by atoms with van der Waals surface area (Å²) >= 11 is 0. The fourth-order valence-electron chi connectivity index (χ4n) is 1.54. The van der Waals surface area contributed by atoms with Crippen molar-refractivity contribution in [2.75, 3.05) is 0 Å². The molecule has 0 aliphatic carbocycles. The van der Waals surface area contributed by atoms with Crippen molar-refractivity contribution in [3.63, 3.8) is 0 Å². The Balaban J connectivity index is 2.35. The normalized spacial score (nSPS) is 11.5. The topological polar surface area (TPSA) is 50.4 Å².